The van der Waals surface area contributed by atoms with E-state index in [1.165, 1.54) is 0 Å². The van der Waals surface area contributed by atoms with E-state index in [2.05, 4.69) is 6.07 Å². The Balaban J connectivity index is 1.74. The second-order valence-corrected chi connectivity index (χ2v) is 7.86. The zero-order valence-corrected chi connectivity index (χ0v) is 15.3. The number of carbonyl (C=O) groups excluding carboxylic acids is 2. The summed E-state index contributed by atoms with van der Waals surface area (Å²) in [5.74, 6) is -0.834. The summed E-state index contributed by atoms with van der Waals surface area (Å²) in [6.07, 6.45) is 1.04. The molecular weight excluding hydrogens is 336 g/mol. The van der Waals surface area contributed by atoms with Gasteiger partial charge in [0.1, 0.15) is 10.7 Å². The van der Waals surface area contributed by atoms with Gasteiger partial charge in [-0.3, -0.25) is 9.59 Å². The quantitative estimate of drug-likeness (QED) is 0.701. The predicted octanol–water partition coefficient (Wildman–Crippen LogP) is 2.87. The van der Waals surface area contributed by atoms with E-state index in [1.807, 2.05) is 19.9 Å². The second kappa shape index (κ2) is 7.19. The van der Waals surface area contributed by atoms with Crippen molar-refractivity contribution in [2.45, 2.75) is 42.9 Å². The first kappa shape index (κ1) is 18.0. The third-order valence-electron chi connectivity index (χ3n) is 4.84. The highest BCUT2D eigenvalue weighted by molar-refractivity contribution is 8.02. The Bertz CT molecular complexity index is 702. The van der Waals surface area contributed by atoms with Gasteiger partial charge in [-0.05, 0) is 13.8 Å². The molecule has 1 spiro atoms. The highest BCUT2D eigenvalue weighted by Crippen LogP contribution is 2.59. The van der Waals surface area contributed by atoms with Gasteiger partial charge in [-0.25, -0.2) is 0 Å². The molecule has 1 saturated heterocycles. The Kier molecular flexibility index (Phi) is 5.16. The Morgan fingerprint density at radius 3 is 2.76 bits per heavy atom. The molecule has 132 valence electrons. The largest absolute Gasteiger partial charge is 0.376 e. The van der Waals surface area contributed by atoms with Crippen molar-refractivity contribution >= 4 is 23.5 Å². The second-order valence-electron chi connectivity index (χ2n) is 6.35. The van der Waals surface area contributed by atoms with E-state index in [0.29, 0.717) is 25.1 Å². The van der Waals surface area contributed by atoms with Crippen LogP contribution < -0.4 is 0 Å². The lowest BCUT2D eigenvalue weighted by Gasteiger charge is -2.23. The summed E-state index contributed by atoms with van der Waals surface area (Å²) in [5.41, 5.74) is 0.541. The van der Waals surface area contributed by atoms with Crippen LogP contribution in [0.3, 0.4) is 0 Å². The van der Waals surface area contributed by atoms with Crippen LogP contribution in [0.1, 0.15) is 37.0 Å². The summed E-state index contributed by atoms with van der Waals surface area (Å²) >= 11 is 1.57. The molecule has 5 nitrogen and oxygen atoms in total. The molecule has 4 atom stereocenters. The molecule has 6 heteroatoms. The average Bonchev–Trinajstić information content (AvgIpc) is 3.26. The van der Waals surface area contributed by atoms with Gasteiger partial charge in [0, 0.05) is 31.6 Å². The van der Waals surface area contributed by atoms with Crippen molar-refractivity contribution in [1.29, 1.82) is 5.26 Å². The Morgan fingerprint density at radius 2 is 2.16 bits per heavy atom. The van der Waals surface area contributed by atoms with E-state index in [-0.39, 0.29) is 23.2 Å². The number of ketones is 1. The molecule has 4 unspecified atom stereocenters. The van der Waals surface area contributed by atoms with Gasteiger partial charge in [0.15, 0.2) is 5.78 Å². The maximum absolute atomic E-state index is 12.8. The minimum Gasteiger partial charge on any atom is -0.376 e. The third kappa shape index (κ3) is 3.19. The fourth-order valence-corrected chi connectivity index (χ4v) is 5.27. The molecule has 2 aliphatic rings. The van der Waals surface area contributed by atoms with E-state index in [9.17, 15) is 14.9 Å². The first-order valence-corrected chi connectivity index (χ1v) is 9.54. The standard InChI is InChI=1S/C19H22N2O3S/c1-3-21-16(25-19(18(21)23)11-15(19)24-4-2)10-14(12-20)17(22)13-8-6-5-7-9-13/h5-9,14-16H,3-4,10-11H2,1-2H3. The van der Waals surface area contributed by atoms with E-state index >= 15 is 0 Å². The molecule has 1 aliphatic carbocycles. The van der Waals surface area contributed by atoms with E-state index in [0.717, 1.165) is 6.42 Å². The third-order valence-corrected chi connectivity index (χ3v) is 6.59. The minimum absolute atomic E-state index is 0.0422. The van der Waals surface area contributed by atoms with Gasteiger partial charge in [0.05, 0.1) is 17.5 Å². The number of nitrogens with zero attached hydrogens (tertiary/aromatic N) is 2. The maximum Gasteiger partial charge on any atom is 0.242 e. The Hall–Kier alpha value is -1.84. The van der Waals surface area contributed by atoms with Gasteiger partial charge < -0.3 is 9.64 Å². The van der Waals surface area contributed by atoms with Gasteiger partial charge in [-0.1, -0.05) is 30.3 Å². The summed E-state index contributed by atoms with van der Waals surface area (Å²) in [6, 6.07) is 11.0. The van der Waals surface area contributed by atoms with Crippen LogP contribution in [0, 0.1) is 17.2 Å². The number of Topliss-reactive ketones (excluding diaryl/α,β-unsaturated/α-hetero) is 1. The lowest BCUT2D eigenvalue weighted by Crippen LogP contribution is -2.37. The van der Waals surface area contributed by atoms with Crippen LogP contribution in [0.15, 0.2) is 30.3 Å². The zero-order chi connectivity index (χ0) is 18.0. The number of hydrogen-bond acceptors (Lipinski definition) is 5. The lowest BCUT2D eigenvalue weighted by molar-refractivity contribution is -0.131. The van der Waals surface area contributed by atoms with Gasteiger partial charge in [0.2, 0.25) is 5.91 Å². The predicted molar refractivity (Wildman–Crippen MR) is 96.0 cm³/mol. The monoisotopic (exact) mass is 358 g/mol. The van der Waals surface area contributed by atoms with Gasteiger partial charge in [0.25, 0.3) is 0 Å². The number of benzene rings is 1. The first-order chi connectivity index (χ1) is 12.1. The number of thioether (sulfide) groups is 1. The smallest absolute Gasteiger partial charge is 0.242 e. The summed E-state index contributed by atoms with van der Waals surface area (Å²) in [7, 11) is 0. The molecule has 3 rings (SSSR count). The topological polar surface area (TPSA) is 70.4 Å². The summed E-state index contributed by atoms with van der Waals surface area (Å²) in [5, 5.41) is 9.36. The van der Waals surface area contributed by atoms with E-state index in [1.54, 1.807) is 40.9 Å². The van der Waals surface area contributed by atoms with Crippen molar-refractivity contribution in [2.24, 2.45) is 5.92 Å². The van der Waals surface area contributed by atoms with Crippen LogP contribution in [-0.2, 0) is 9.53 Å². The van der Waals surface area contributed by atoms with Gasteiger partial charge in [-0.15, -0.1) is 11.8 Å². The van der Waals surface area contributed by atoms with Crippen LogP contribution in [0.2, 0.25) is 0 Å². The molecule has 1 saturated carbocycles. The van der Waals surface area contributed by atoms with Gasteiger partial charge in [-0.2, -0.15) is 5.26 Å². The number of nitriles is 1. The molecular formula is C19H22N2O3S. The van der Waals surface area contributed by atoms with E-state index < -0.39 is 10.7 Å². The van der Waals surface area contributed by atoms with E-state index in [4.69, 9.17) is 4.74 Å². The summed E-state index contributed by atoms with van der Waals surface area (Å²) in [4.78, 5) is 27.2. The van der Waals surface area contributed by atoms with Crippen molar-refractivity contribution in [3.05, 3.63) is 35.9 Å². The number of hydrogen-bond donors (Lipinski definition) is 0. The molecule has 2 fully saturated rings. The number of ether oxygens (including phenoxy) is 1. The number of amides is 1. The van der Waals surface area contributed by atoms with Crippen molar-refractivity contribution < 1.29 is 14.3 Å². The molecule has 1 aromatic carbocycles. The zero-order valence-electron chi connectivity index (χ0n) is 14.5. The van der Waals surface area contributed by atoms with Gasteiger partial charge >= 0.3 is 0 Å². The first-order valence-electron chi connectivity index (χ1n) is 8.66. The molecule has 0 bridgehead atoms. The van der Waals surface area contributed by atoms with Crippen LogP contribution in [0.4, 0.5) is 0 Å². The summed E-state index contributed by atoms with van der Waals surface area (Å²) in [6.45, 7) is 5.03. The fourth-order valence-electron chi connectivity index (χ4n) is 3.44. The molecule has 1 aromatic rings. The molecule has 0 N–H and O–H groups in total. The maximum atomic E-state index is 12.8. The highest BCUT2D eigenvalue weighted by Gasteiger charge is 2.68. The molecule has 0 aromatic heterocycles. The van der Waals surface area contributed by atoms with Crippen LogP contribution in [-0.4, -0.2) is 46.0 Å². The fraction of sp³-hybridized carbons (Fsp3) is 0.526. The Labute approximate surface area is 152 Å². The normalized spacial score (nSPS) is 28.8. The van der Waals surface area contributed by atoms with Crippen molar-refractivity contribution in [2.75, 3.05) is 13.2 Å². The lowest BCUT2D eigenvalue weighted by atomic mass is 9.95. The molecule has 1 heterocycles. The Morgan fingerprint density at radius 1 is 1.44 bits per heavy atom. The molecule has 0 radical (unpaired) electrons. The number of rotatable bonds is 7. The molecule has 25 heavy (non-hydrogen) atoms. The van der Waals surface area contributed by atoms with Crippen LogP contribution >= 0.6 is 11.8 Å². The molecule has 1 aliphatic heterocycles. The van der Waals surface area contributed by atoms with Crippen LogP contribution in [0.5, 0.6) is 0 Å². The average molecular weight is 358 g/mol. The summed E-state index contributed by atoms with van der Waals surface area (Å²) < 4.78 is 5.16. The minimum atomic E-state index is -0.749. The number of carbonyl (C=O) groups is 2. The van der Waals surface area contributed by atoms with Crippen molar-refractivity contribution in [3.63, 3.8) is 0 Å². The van der Waals surface area contributed by atoms with Crippen molar-refractivity contribution in [3.8, 4) is 6.07 Å². The van der Waals surface area contributed by atoms with Crippen LogP contribution in [0.25, 0.3) is 0 Å². The highest BCUT2D eigenvalue weighted by atomic mass is 32.2. The SMILES string of the molecule is CCOC1CC12SC(CC(C#N)C(=O)c1ccccc1)N(CC)C2=O. The molecule has 1 amide bonds. The van der Waals surface area contributed by atoms with Crippen molar-refractivity contribution in [1.82, 2.24) is 4.90 Å².